The van der Waals surface area contributed by atoms with Crippen LogP contribution in [0.1, 0.15) is 0 Å². The van der Waals surface area contributed by atoms with Gasteiger partial charge in [0.25, 0.3) is 5.89 Å². The number of aromatic nitrogens is 2. The quantitative estimate of drug-likeness (QED) is 0.745. The van der Waals surface area contributed by atoms with E-state index in [1.807, 2.05) is 18.2 Å². The number of ether oxygens (including phenoxy) is 2. The van der Waals surface area contributed by atoms with E-state index in [0.29, 0.717) is 34.5 Å². The zero-order chi connectivity index (χ0) is 15.5. The van der Waals surface area contributed by atoms with Crippen LogP contribution in [-0.4, -0.2) is 24.4 Å². The van der Waals surface area contributed by atoms with Crippen molar-refractivity contribution in [2.24, 2.45) is 0 Å². The van der Waals surface area contributed by atoms with Crippen molar-refractivity contribution in [2.45, 2.75) is 0 Å². The van der Waals surface area contributed by atoms with Crippen LogP contribution in [0.25, 0.3) is 22.8 Å². The third-order valence-corrected chi connectivity index (χ3v) is 3.23. The first-order chi connectivity index (χ1) is 10.7. The van der Waals surface area contributed by atoms with E-state index < -0.39 is 0 Å². The Morgan fingerprint density at radius 1 is 1.00 bits per heavy atom. The van der Waals surface area contributed by atoms with Gasteiger partial charge in [-0.2, -0.15) is 4.98 Å². The third kappa shape index (κ3) is 2.58. The number of anilines is 1. The minimum atomic E-state index is 0.417. The maximum Gasteiger partial charge on any atom is 0.258 e. The number of nitrogen functional groups attached to an aromatic ring is 1. The molecule has 0 spiro atoms. The van der Waals surface area contributed by atoms with E-state index in [0.717, 1.165) is 5.56 Å². The molecule has 2 aromatic carbocycles. The third-order valence-electron chi connectivity index (χ3n) is 3.23. The molecule has 1 heterocycles. The second kappa shape index (κ2) is 5.77. The molecule has 0 saturated carbocycles. The Kier molecular flexibility index (Phi) is 3.65. The zero-order valence-corrected chi connectivity index (χ0v) is 12.2. The Morgan fingerprint density at radius 2 is 1.77 bits per heavy atom. The van der Waals surface area contributed by atoms with Crippen molar-refractivity contribution in [3.05, 3.63) is 42.5 Å². The number of nitrogens with zero attached hydrogens (tertiary/aromatic N) is 2. The highest BCUT2D eigenvalue weighted by Crippen LogP contribution is 2.32. The van der Waals surface area contributed by atoms with Gasteiger partial charge in [0.1, 0.15) is 11.5 Å². The lowest BCUT2D eigenvalue weighted by Gasteiger charge is -2.07. The summed E-state index contributed by atoms with van der Waals surface area (Å²) >= 11 is 0. The smallest absolute Gasteiger partial charge is 0.258 e. The lowest BCUT2D eigenvalue weighted by atomic mass is 10.1. The van der Waals surface area contributed by atoms with Crippen molar-refractivity contribution in [2.75, 3.05) is 20.0 Å². The Labute approximate surface area is 127 Å². The van der Waals surface area contributed by atoms with Crippen molar-refractivity contribution in [1.82, 2.24) is 10.1 Å². The van der Waals surface area contributed by atoms with Crippen LogP contribution in [0, 0.1) is 0 Å². The normalized spacial score (nSPS) is 10.5. The van der Waals surface area contributed by atoms with Gasteiger partial charge in [0.15, 0.2) is 0 Å². The molecule has 0 fully saturated rings. The summed E-state index contributed by atoms with van der Waals surface area (Å²) in [5, 5.41) is 4.02. The summed E-state index contributed by atoms with van der Waals surface area (Å²) in [6, 6.07) is 12.6. The molecule has 0 aliphatic rings. The van der Waals surface area contributed by atoms with Gasteiger partial charge in [0.2, 0.25) is 5.82 Å². The number of nitrogens with two attached hydrogens (primary N) is 1. The van der Waals surface area contributed by atoms with Gasteiger partial charge in [0, 0.05) is 11.3 Å². The predicted molar refractivity (Wildman–Crippen MR) is 82.7 cm³/mol. The number of methoxy groups -OCH3 is 2. The highest BCUT2D eigenvalue weighted by atomic mass is 16.5. The largest absolute Gasteiger partial charge is 0.497 e. The Morgan fingerprint density at radius 3 is 2.45 bits per heavy atom. The second-order valence-electron chi connectivity index (χ2n) is 4.61. The molecule has 0 atom stereocenters. The molecule has 2 N–H and O–H groups in total. The molecule has 3 rings (SSSR count). The van der Waals surface area contributed by atoms with Gasteiger partial charge in [-0.05, 0) is 42.5 Å². The van der Waals surface area contributed by atoms with Crippen LogP contribution in [0.2, 0.25) is 0 Å². The SMILES string of the molecule is COc1ccc(OC)c(-c2noc(-c3ccc(N)cc3)n2)c1. The van der Waals surface area contributed by atoms with Crippen molar-refractivity contribution < 1.29 is 14.0 Å². The van der Waals surface area contributed by atoms with E-state index in [4.69, 9.17) is 19.7 Å². The summed E-state index contributed by atoms with van der Waals surface area (Å²) < 4.78 is 15.9. The summed E-state index contributed by atoms with van der Waals surface area (Å²) in [5.41, 5.74) is 7.85. The molecule has 0 saturated heterocycles. The molecule has 0 unspecified atom stereocenters. The fourth-order valence-electron chi connectivity index (χ4n) is 2.06. The van der Waals surface area contributed by atoms with E-state index in [1.54, 1.807) is 38.5 Å². The fraction of sp³-hybridized carbons (Fsp3) is 0.125. The predicted octanol–water partition coefficient (Wildman–Crippen LogP) is 3.00. The number of rotatable bonds is 4. The average molecular weight is 297 g/mol. The molecule has 0 amide bonds. The van der Waals surface area contributed by atoms with Crippen LogP contribution in [0.4, 0.5) is 5.69 Å². The van der Waals surface area contributed by atoms with Gasteiger partial charge in [-0.1, -0.05) is 5.16 Å². The topological polar surface area (TPSA) is 83.4 Å². The summed E-state index contributed by atoms with van der Waals surface area (Å²) in [7, 11) is 3.19. The Hall–Kier alpha value is -3.02. The fourth-order valence-corrected chi connectivity index (χ4v) is 2.06. The molecule has 0 bridgehead atoms. The molecule has 3 aromatic rings. The van der Waals surface area contributed by atoms with Gasteiger partial charge >= 0.3 is 0 Å². The highest BCUT2D eigenvalue weighted by Gasteiger charge is 2.15. The van der Waals surface area contributed by atoms with E-state index in [2.05, 4.69) is 10.1 Å². The first-order valence-electron chi connectivity index (χ1n) is 6.63. The molecule has 6 heteroatoms. The zero-order valence-electron chi connectivity index (χ0n) is 12.2. The Balaban J connectivity index is 2.01. The monoisotopic (exact) mass is 297 g/mol. The molecular formula is C16H15N3O3. The van der Waals surface area contributed by atoms with Crippen LogP contribution in [-0.2, 0) is 0 Å². The van der Waals surface area contributed by atoms with E-state index in [-0.39, 0.29) is 0 Å². The summed E-state index contributed by atoms with van der Waals surface area (Å²) in [6.45, 7) is 0. The first kappa shape index (κ1) is 13.9. The van der Waals surface area contributed by atoms with Crippen LogP contribution in [0.5, 0.6) is 11.5 Å². The summed E-state index contributed by atoms with van der Waals surface area (Å²) in [5.74, 6) is 2.18. The summed E-state index contributed by atoms with van der Waals surface area (Å²) in [4.78, 5) is 4.41. The second-order valence-corrected chi connectivity index (χ2v) is 4.61. The molecule has 0 aliphatic heterocycles. The maximum atomic E-state index is 5.67. The van der Waals surface area contributed by atoms with Gasteiger partial charge < -0.3 is 19.7 Å². The lowest BCUT2D eigenvalue weighted by molar-refractivity contribution is 0.403. The van der Waals surface area contributed by atoms with E-state index in [1.165, 1.54) is 0 Å². The van der Waals surface area contributed by atoms with Crippen molar-refractivity contribution in [3.8, 4) is 34.3 Å². The van der Waals surface area contributed by atoms with Crippen molar-refractivity contribution in [3.63, 3.8) is 0 Å². The van der Waals surface area contributed by atoms with E-state index >= 15 is 0 Å². The molecule has 0 aliphatic carbocycles. The average Bonchev–Trinajstić information content (AvgIpc) is 3.04. The summed E-state index contributed by atoms with van der Waals surface area (Å²) in [6.07, 6.45) is 0. The van der Waals surface area contributed by atoms with Crippen LogP contribution >= 0.6 is 0 Å². The number of benzene rings is 2. The van der Waals surface area contributed by atoms with Gasteiger partial charge in [-0.3, -0.25) is 0 Å². The minimum Gasteiger partial charge on any atom is -0.497 e. The molecule has 112 valence electrons. The molecule has 0 radical (unpaired) electrons. The van der Waals surface area contributed by atoms with Crippen LogP contribution in [0.15, 0.2) is 47.0 Å². The highest BCUT2D eigenvalue weighted by molar-refractivity contribution is 5.68. The minimum absolute atomic E-state index is 0.417. The number of hydrogen-bond donors (Lipinski definition) is 1. The molecule has 22 heavy (non-hydrogen) atoms. The van der Waals surface area contributed by atoms with Gasteiger partial charge in [-0.25, -0.2) is 0 Å². The van der Waals surface area contributed by atoms with Crippen LogP contribution < -0.4 is 15.2 Å². The number of hydrogen-bond acceptors (Lipinski definition) is 6. The maximum absolute atomic E-state index is 5.67. The van der Waals surface area contributed by atoms with Crippen molar-refractivity contribution in [1.29, 1.82) is 0 Å². The lowest BCUT2D eigenvalue weighted by Crippen LogP contribution is -1.91. The standard InChI is InChI=1S/C16H15N3O3/c1-20-12-7-8-14(21-2)13(9-12)15-18-16(22-19-15)10-3-5-11(17)6-4-10/h3-9H,17H2,1-2H3. The van der Waals surface area contributed by atoms with Gasteiger partial charge in [-0.15, -0.1) is 0 Å². The molecule has 6 nitrogen and oxygen atoms in total. The molecule has 1 aromatic heterocycles. The Bertz CT molecular complexity index is 782. The van der Waals surface area contributed by atoms with Gasteiger partial charge in [0.05, 0.1) is 19.8 Å². The van der Waals surface area contributed by atoms with E-state index in [9.17, 15) is 0 Å². The molecular weight excluding hydrogens is 282 g/mol. The first-order valence-corrected chi connectivity index (χ1v) is 6.63. The van der Waals surface area contributed by atoms with Crippen LogP contribution in [0.3, 0.4) is 0 Å². The van der Waals surface area contributed by atoms with Crippen molar-refractivity contribution >= 4 is 5.69 Å².